The molecule has 1 aromatic rings. The van der Waals surface area contributed by atoms with Gasteiger partial charge in [0.15, 0.2) is 0 Å². The van der Waals surface area contributed by atoms with E-state index in [-0.39, 0.29) is 18.3 Å². The average Bonchev–Trinajstić information content (AvgIpc) is 3.03. The third-order valence-electron chi connectivity index (χ3n) is 3.95. The van der Waals surface area contributed by atoms with Crippen molar-refractivity contribution in [3.8, 4) is 5.75 Å². The van der Waals surface area contributed by atoms with E-state index >= 15 is 0 Å². The van der Waals surface area contributed by atoms with Crippen LogP contribution in [0.2, 0.25) is 0 Å². The van der Waals surface area contributed by atoms with Gasteiger partial charge in [0.2, 0.25) is 0 Å². The van der Waals surface area contributed by atoms with Crippen molar-refractivity contribution in [1.82, 2.24) is 5.32 Å². The predicted octanol–water partition coefficient (Wildman–Crippen LogP) is 2.36. The number of ether oxygens (including phenoxy) is 2. The highest BCUT2D eigenvalue weighted by atomic mass is 35.5. The van der Waals surface area contributed by atoms with Crippen LogP contribution in [0.5, 0.6) is 5.75 Å². The molecule has 6 heteroatoms. The van der Waals surface area contributed by atoms with E-state index in [9.17, 15) is 4.79 Å². The number of benzene rings is 1. The Morgan fingerprint density at radius 1 is 1.23 bits per heavy atom. The van der Waals surface area contributed by atoms with Crippen molar-refractivity contribution in [3.05, 3.63) is 24.3 Å². The molecular weight excluding hydrogens is 304 g/mol. The number of nitrogens with one attached hydrogen (secondary N) is 2. The fourth-order valence-corrected chi connectivity index (χ4v) is 2.77. The Hall–Kier alpha value is -1.30. The molecule has 2 N–H and O–H groups in total. The van der Waals surface area contributed by atoms with Crippen molar-refractivity contribution < 1.29 is 14.3 Å². The Bertz CT molecular complexity index is 469. The summed E-state index contributed by atoms with van der Waals surface area (Å²) in [6.07, 6.45) is 4.75. The van der Waals surface area contributed by atoms with E-state index in [0.29, 0.717) is 19.3 Å². The van der Waals surface area contributed by atoms with Crippen LogP contribution in [-0.4, -0.2) is 37.8 Å². The summed E-state index contributed by atoms with van der Waals surface area (Å²) < 4.78 is 11.3. The molecule has 1 amide bonds. The first kappa shape index (κ1) is 17.1. The van der Waals surface area contributed by atoms with E-state index in [2.05, 4.69) is 10.6 Å². The van der Waals surface area contributed by atoms with Gasteiger partial charge >= 0.3 is 0 Å². The van der Waals surface area contributed by atoms with Crippen LogP contribution in [0, 0.1) is 0 Å². The topological polar surface area (TPSA) is 59.6 Å². The van der Waals surface area contributed by atoms with Gasteiger partial charge in [0.05, 0.1) is 12.7 Å². The van der Waals surface area contributed by atoms with Crippen LogP contribution in [0.25, 0.3) is 0 Å². The molecule has 1 aromatic carbocycles. The molecule has 1 saturated carbocycles. The van der Waals surface area contributed by atoms with E-state index < -0.39 is 6.10 Å². The van der Waals surface area contributed by atoms with E-state index in [0.717, 1.165) is 30.8 Å². The molecule has 0 spiro atoms. The number of amides is 1. The predicted molar refractivity (Wildman–Crippen MR) is 87.8 cm³/mol. The zero-order chi connectivity index (χ0) is 14.5. The largest absolute Gasteiger partial charge is 0.490 e. The number of hydrogen-bond acceptors (Lipinski definition) is 4. The highest BCUT2D eigenvalue weighted by Gasteiger charge is 2.21. The monoisotopic (exact) mass is 326 g/mol. The standard InChI is InChI=1S/C16H22N2O3.ClH/c19-16(15-11-17-9-10-20-15)18-12-5-7-14(8-6-12)21-13-3-1-2-4-13;/h5-8,13,15,17H,1-4,9-11H2,(H,18,19);1H. The third kappa shape index (κ3) is 4.60. The number of anilines is 1. The Kier molecular flexibility index (Phi) is 6.49. The molecule has 2 aliphatic rings. The average molecular weight is 327 g/mol. The van der Waals surface area contributed by atoms with Crippen molar-refractivity contribution in [2.75, 3.05) is 25.0 Å². The number of carbonyl (C=O) groups excluding carboxylic acids is 1. The third-order valence-corrected chi connectivity index (χ3v) is 3.95. The molecule has 1 atom stereocenters. The van der Waals surface area contributed by atoms with Crippen LogP contribution >= 0.6 is 12.4 Å². The second-order valence-corrected chi connectivity index (χ2v) is 5.60. The quantitative estimate of drug-likeness (QED) is 0.891. The molecular formula is C16H23ClN2O3. The maximum absolute atomic E-state index is 12.0. The summed E-state index contributed by atoms with van der Waals surface area (Å²) in [6, 6.07) is 7.57. The Balaban J connectivity index is 0.00000176. The van der Waals surface area contributed by atoms with Crippen molar-refractivity contribution >= 4 is 24.0 Å². The lowest BCUT2D eigenvalue weighted by Crippen LogP contribution is -2.45. The van der Waals surface area contributed by atoms with Gasteiger partial charge in [0.1, 0.15) is 11.9 Å². The fourth-order valence-electron chi connectivity index (χ4n) is 2.77. The molecule has 0 bridgehead atoms. The minimum atomic E-state index is -0.409. The number of carbonyl (C=O) groups is 1. The van der Waals surface area contributed by atoms with Gasteiger partial charge in [0, 0.05) is 18.8 Å². The Labute approximate surface area is 137 Å². The van der Waals surface area contributed by atoms with Crippen LogP contribution < -0.4 is 15.4 Å². The van der Waals surface area contributed by atoms with Crippen molar-refractivity contribution in [2.24, 2.45) is 0 Å². The van der Waals surface area contributed by atoms with Gasteiger partial charge in [-0.3, -0.25) is 4.79 Å². The molecule has 2 fully saturated rings. The molecule has 1 unspecified atom stereocenters. The normalized spacial score (nSPS) is 21.9. The summed E-state index contributed by atoms with van der Waals surface area (Å²) in [7, 11) is 0. The summed E-state index contributed by atoms with van der Waals surface area (Å²) in [5, 5.41) is 6.02. The molecule has 0 aromatic heterocycles. The number of halogens is 1. The molecule has 1 heterocycles. The zero-order valence-corrected chi connectivity index (χ0v) is 13.4. The smallest absolute Gasteiger partial charge is 0.254 e. The highest BCUT2D eigenvalue weighted by Crippen LogP contribution is 2.25. The van der Waals surface area contributed by atoms with E-state index in [1.54, 1.807) is 0 Å². The maximum Gasteiger partial charge on any atom is 0.254 e. The molecule has 122 valence electrons. The van der Waals surface area contributed by atoms with Gasteiger partial charge in [-0.2, -0.15) is 0 Å². The summed E-state index contributed by atoms with van der Waals surface area (Å²) in [5.74, 6) is 0.766. The van der Waals surface area contributed by atoms with E-state index in [1.807, 2.05) is 24.3 Å². The lowest BCUT2D eigenvalue weighted by Gasteiger charge is -2.22. The van der Waals surface area contributed by atoms with Crippen LogP contribution in [0.4, 0.5) is 5.69 Å². The van der Waals surface area contributed by atoms with Gasteiger partial charge < -0.3 is 20.1 Å². The highest BCUT2D eigenvalue weighted by molar-refractivity contribution is 5.94. The molecule has 5 nitrogen and oxygen atoms in total. The lowest BCUT2D eigenvalue weighted by atomic mass is 10.2. The summed E-state index contributed by atoms with van der Waals surface area (Å²) >= 11 is 0. The second kappa shape index (κ2) is 8.36. The Morgan fingerprint density at radius 3 is 2.59 bits per heavy atom. The first-order chi connectivity index (χ1) is 10.3. The number of rotatable bonds is 4. The minimum Gasteiger partial charge on any atom is -0.490 e. The zero-order valence-electron chi connectivity index (χ0n) is 12.5. The molecule has 0 radical (unpaired) electrons. The maximum atomic E-state index is 12.0. The van der Waals surface area contributed by atoms with Crippen LogP contribution in [0.1, 0.15) is 25.7 Å². The van der Waals surface area contributed by atoms with E-state index in [1.165, 1.54) is 12.8 Å². The van der Waals surface area contributed by atoms with Crippen LogP contribution in [-0.2, 0) is 9.53 Å². The minimum absolute atomic E-state index is 0. The molecule has 1 saturated heterocycles. The Morgan fingerprint density at radius 2 is 1.95 bits per heavy atom. The lowest BCUT2D eigenvalue weighted by molar-refractivity contribution is -0.128. The van der Waals surface area contributed by atoms with Crippen molar-refractivity contribution in [2.45, 2.75) is 37.9 Å². The second-order valence-electron chi connectivity index (χ2n) is 5.60. The molecule has 3 rings (SSSR count). The summed E-state index contributed by atoms with van der Waals surface area (Å²) in [4.78, 5) is 12.0. The van der Waals surface area contributed by atoms with Crippen LogP contribution in [0.15, 0.2) is 24.3 Å². The summed E-state index contributed by atoms with van der Waals surface area (Å²) in [6.45, 7) is 1.94. The van der Waals surface area contributed by atoms with E-state index in [4.69, 9.17) is 9.47 Å². The van der Waals surface area contributed by atoms with Gasteiger partial charge in [-0.05, 0) is 49.9 Å². The summed E-state index contributed by atoms with van der Waals surface area (Å²) in [5.41, 5.74) is 0.771. The van der Waals surface area contributed by atoms with Crippen molar-refractivity contribution in [1.29, 1.82) is 0 Å². The van der Waals surface area contributed by atoms with Gasteiger partial charge in [-0.15, -0.1) is 12.4 Å². The van der Waals surface area contributed by atoms with Gasteiger partial charge in [-0.1, -0.05) is 0 Å². The van der Waals surface area contributed by atoms with Crippen LogP contribution in [0.3, 0.4) is 0 Å². The SMILES string of the molecule is Cl.O=C(Nc1ccc(OC2CCCC2)cc1)C1CNCCO1. The number of morpholine rings is 1. The van der Waals surface area contributed by atoms with Gasteiger partial charge in [0.25, 0.3) is 5.91 Å². The fraction of sp³-hybridized carbons (Fsp3) is 0.562. The molecule has 1 aliphatic heterocycles. The van der Waals surface area contributed by atoms with Gasteiger partial charge in [-0.25, -0.2) is 0 Å². The number of hydrogen-bond donors (Lipinski definition) is 2. The molecule has 1 aliphatic carbocycles. The van der Waals surface area contributed by atoms with Crippen molar-refractivity contribution in [3.63, 3.8) is 0 Å². The first-order valence-electron chi connectivity index (χ1n) is 7.71. The first-order valence-corrected chi connectivity index (χ1v) is 7.71. The molecule has 22 heavy (non-hydrogen) atoms.